The molecule has 8 heteroatoms. The van der Waals surface area contributed by atoms with Crippen LogP contribution in [0.4, 0.5) is 11.4 Å². The lowest BCUT2D eigenvalue weighted by Crippen LogP contribution is -2.28. The van der Waals surface area contributed by atoms with Crippen molar-refractivity contribution >= 4 is 51.1 Å². The first-order valence-electron chi connectivity index (χ1n) is 9.46. The Kier molecular flexibility index (Phi) is 4.77. The lowest BCUT2D eigenvalue weighted by molar-refractivity contribution is -0.122. The molecule has 1 fully saturated rings. The van der Waals surface area contributed by atoms with Crippen LogP contribution >= 0.6 is 22.9 Å². The van der Waals surface area contributed by atoms with Gasteiger partial charge in [-0.3, -0.25) is 14.0 Å². The van der Waals surface area contributed by atoms with Gasteiger partial charge in [0.05, 0.1) is 11.6 Å². The van der Waals surface area contributed by atoms with Gasteiger partial charge in [-0.1, -0.05) is 23.7 Å². The SMILES string of the molecule is O=C(Nc1cccc(-c2cn3ccsc3n2)c1)C1CC(=O)N(c2ccc(Cl)cc2)C1. The summed E-state index contributed by atoms with van der Waals surface area (Å²) in [6, 6.07) is 14.7. The Balaban J connectivity index is 1.30. The maximum absolute atomic E-state index is 12.8. The van der Waals surface area contributed by atoms with Gasteiger partial charge in [0.2, 0.25) is 11.8 Å². The molecule has 150 valence electrons. The Morgan fingerprint density at radius 3 is 2.83 bits per heavy atom. The highest BCUT2D eigenvalue weighted by Crippen LogP contribution is 2.28. The van der Waals surface area contributed by atoms with Crippen molar-refractivity contribution in [3.05, 3.63) is 71.3 Å². The number of nitrogens with zero attached hydrogens (tertiary/aromatic N) is 3. The molecule has 1 aliphatic heterocycles. The summed E-state index contributed by atoms with van der Waals surface area (Å²) in [7, 11) is 0. The molecule has 1 N–H and O–H groups in total. The van der Waals surface area contributed by atoms with Crippen molar-refractivity contribution in [2.45, 2.75) is 6.42 Å². The molecule has 3 heterocycles. The molecule has 1 unspecified atom stereocenters. The van der Waals surface area contributed by atoms with E-state index in [0.717, 1.165) is 21.9 Å². The third kappa shape index (κ3) is 3.58. The first-order chi connectivity index (χ1) is 14.6. The maximum Gasteiger partial charge on any atom is 0.229 e. The summed E-state index contributed by atoms with van der Waals surface area (Å²) in [6.07, 6.45) is 4.11. The third-order valence-electron chi connectivity index (χ3n) is 5.15. The second-order valence-corrected chi connectivity index (χ2v) is 8.48. The van der Waals surface area contributed by atoms with Crippen molar-refractivity contribution in [1.82, 2.24) is 9.38 Å². The highest BCUT2D eigenvalue weighted by Gasteiger charge is 2.35. The average molecular weight is 437 g/mol. The molecule has 2 amide bonds. The van der Waals surface area contributed by atoms with Gasteiger partial charge in [0.1, 0.15) is 0 Å². The Bertz CT molecular complexity index is 1220. The molecular weight excluding hydrogens is 420 g/mol. The van der Waals surface area contributed by atoms with E-state index < -0.39 is 5.92 Å². The molecule has 6 nitrogen and oxygen atoms in total. The predicted molar refractivity (Wildman–Crippen MR) is 119 cm³/mol. The number of halogens is 1. The van der Waals surface area contributed by atoms with Crippen LogP contribution in [0.3, 0.4) is 0 Å². The normalized spacial score (nSPS) is 16.4. The minimum absolute atomic E-state index is 0.0655. The van der Waals surface area contributed by atoms with E-state index in [1.807, 2.05) is 46.4 Å². The van der Waals surface area contributed by atoms with Crippen molar-refractivity contribution < 1.29 is 9.59 Å². The summed E-state index contributed by atoms with van der Waals surface area (Å²) in [6.45, 7) is 0.351. The maximum atomic E-state index is 12.8. The second-order valence-electron chi connectivity index (χ2n) is 7.17. The van der Waals surface area contributed by atoms with E-state index >= 15 is 0 Å². The number of thiazole rings is 1. The first kappa shape index (κ1) is 18.8. The quantitative estimate of drug-likeness (QED) is 0.504. The van der Waals surface area contributed by atoms with Crippen molar-refractivity contribution in [3.8, 4) is 11.3 Å². The van der Waals surface area contributed by atoms with Crippen LogP contribution in [0.1, 0.15) is 6.42 Å². The third-order valence-corrected chi connectivity index (χ3v) is 6.18. The molecule has 0 spiro atoms. The van der Waals surface area contributed by atoms with Crippen LogP contribution < -0.4 is 10.2 Å². The van der Waals surface area contributed by atoms with Crippen LogP contribution in [-0.4, -0.2) is 27.7 Å². The fourth-order valence-corrected chi connectivity index (χ4v) is 4.45. The van der Waals surface area contributed by atoms with E-state index in [1.54, 1.807) is 40.5 Å². The van der Waals surface area contributed by atoms with Gasteiger partial charge in [0.25, 0.3) is 0 Å². The number of hydrogen-bond acceptors (Lipinski definition) is 4. The number of rotatable bonds is 4. The number of amides is 2. The molecule has 1 aliphatic rings. The van der Waals surface area contributed by atoms with Crippen LogP contribution in [0, 0.1) is 5.92 Å². The molecule has 1 atom stereocenters. The van der Waals surface area contributed by atoms with Gasteiger partial charge in [-0.05, 0) is 36.4 Å². The zero-order valence-corrected chi connectivity index (χ0v) is 17.4. The standard InChI is InChI=1S/C22H17ClN4O2S/c23-16-4-6-18(7-5-16)27-12-15(11-20(27)28)21(29)24-17-3-1-2-14(10-17)19-13-26-8-9-30-22(26)25-19/h1-10,13,15H,11-12H2,(H,24,29). The van der Waals surface area contributed by atoms with E-state index in [9.17, 15) is 9.59 Å². The number of aromatic nitrogens is 2. The Labute approximate surface area is 181 Å². The topological polar surface area (TPSA) is 66.7 Å². The molecule has 4 aromatic rings. The van der Waals surface area contributed by atoms with Gasteiger partial charge in [0, 0.05) is 52.7 Å². The number of carbonyl (C=O) groups is 2. The van der Waals surface area contributed by atoms with E-state index in [2.05, 4.69) is 10.3 Å². The summed E-state index contributed by atoms with van der Waals surface area (Å²) in [4.78, 5) is 32.4. The Morgan fingerprint density at radius 1 is 1.20 bits per heavy atom. The summed E-state index contributed by atoms with van der Waals surface area (Å²) < 4.78 is 1.97. The monoisotopic (exact) mass is 436 g/mol. The van der Waals surface area contributed by atoms with E-state index in [1.165, 1.54) is 0 Å². The highest BCUT2D eigenvalue weighted by atomic mass is 35.5. The van der Waals surface area contributed by atoms with Gasteiger partial charge in [0.15, 0.2) is 4.96 Å². The van der Waals surface area contributed by atoms with Gasteiger partial charge in [-0.25, -0.2) is 4.98 Å². The van der Waals surface area contributed by atoms with Crippen molar-refractivity contribution in [2.24, 2.45) is 5.92 Å². The Morgan fingerprint density at radius 2 is 2.03 bits per heavy atom. The zero-order valence-electron chi connectivity index (χ0n) is 15.8. The summed E-state index contributed by atoms with van der Waals surface area (Å²) in [5, 5.41) is 5.55. The number of fused-ring (bicyclic) bond motifs is 1. The minimum Gasteiger partial charge on any atom is -0.326 e. The van der Waals surface area contributed by atoms with Crippen molar-refractivity contribution in [2.75, 3.05) is 16.8 Å². The Hall–Kier alpha value is -3.16. The molecule has 2 aromatic carbocycles. The van der Waals surface area contributed by atoms with E-state index in [-0.39, 0.29) is 18.2 Å². The van der Waals surface area contributed by atoms with Crippen LogP contribution in [0.15, 0.2) is 66.3 Å². The lowest BCUT2D eigenvalue weighted by atomic mass is 10.1. The van der Waals surface area contributed by atoms with E-state index in [4.69, 9.17) is 11.6 Å². The molecule has 1 saturated heterocycles. The van der Waals surface area contributed by atoms with Crippen molar-refractivity contribution in [1.29, 1.82) is 0 Å². The van der Waals surface area contributed by atoms with Crippen LogP contribution in [0.25, 0.3) is 16.2 Å². The van der Waals surface area contributed by atoms with Crippen LogP contribution in [0.5, 0.6) is 0 Å². The van der Waals surface area contributed by atoms with Gasteiger partial charge < -0.3 is 10.2 Å². The molecule has 0 aliphatic carbocycles. The number of nitrogens with one attached hydrogen (secondary N) is 1. The van der Waals surface area contributed by atoms with Gasteiger partial charge >= 0.3 is 0 Å². The van der Waals surface area contributed by atoms with E-state index in [0.29, 0.717) is 17.3 Å². The zero-order chi connectivity index (χ0) is 20.7. The van der Waals surface area contributed by atoms with Crippen molar-refractivity contribution in [3.63, 3.8) is 0 Å². The fourth-order valence-electron chi connectivity index (χ4n) is 3.62. The molecule has 0 saturated carbocycles. The minimum atomic E-state index is -0.408. The summed E-state index contributed by atoms with van der Waals surface area (Å²) >= 11 is 7.50. The summed E-state index contributed by atoms with van der Waals surface area (Å²) in [5.74, 6) is -0.637. The predicted octanol–water partition coefficient (Wildman–Crippen LogP) is 4.71. The number of carbonyl (C=O) groups excluding carboxylic acids is 2. The summed E-state index contributed by atoms with van der Waals surface area (Å²) in [5.41, 5.74) is 3.21. The molecule has 0 bridgehead atoms. The fraction of sp³-hybridized carbons (Fsp3) is 0.136. The first-order valence-corrected chi connectivity index (χ1v) is 10.7. The molecule has 2 aromatic heterocycles. The lowest BCUT2D eigenvalue weighted by Gasteiger charge is -2.17. The van der Waals surface area contributed by atoms with Crippen LogP contribution in [0.2, 0.25) is 5.02 Å². The molecular formula is C22H17ClN4O2S. The highest BCUT2D eigenvalue weighted by molar-refractivity contribution is 7.15. The van der Waals surface area contributed by atoms with Gasteiger partial charge in [-0.15, -0.1) is 11.3 Å². The largest absolute Gasteiger partial charge is 0.326 e. The number of benzene rings is 2. The molecule has 5 rings (SSSR count). The number of imidazole rings is 1. The smallest absolute Gasteiger partial charge is 0.229 e. The second kappa shape index (κ2) is 7.59. The molecule has 30 heavy (non-hydrogen) atoms. The average Bonchev–Trinajstić information content (AvgIpc) is 3.44. The van der Waals surface area contributed by atoms with Gasteiger partial charge in [-0.2, -0.15) is 0 Å². The number of anilines is 2. The van der Waals surface area contributed by atoms with Crippen LogP contribution in [-0.2, 0) is 9.59 Å². The number of hydrogen-bond donors (Lipinski definition) is 1. The molecule has 0 radical (unpaired) electrons.